The molecule has 1 heterocycles. The molecule has 0 atom stereocenters. The first kappa shape index (κ1) is 22.3. The van der Waals surface area contributed by atoms with Gasteiger partial charge in [0.2, 0.25) is 0 Å². The maximum absolute atomic E-state index is 12.6. The average molecular weight is 442 g/mol. The zero-order valence-electron chi connectivity index (χ0n) is 16.9. The number of hydrogen-bond donors (Lipinski definition) is 2. The number of benzene rings is 2. The quantitative estimate of drug-likeness (QED) is 0.467. The van der Waals surface area contributed by atoms with Crippen LogP contribution in [-0.2, 0) is 14.8 Å². The molecule has 0 aliphatic carbocycles. The van der Waals surface area contributed by atoms with Gasteiger partial charge < -0.3 is 14.8 Å². The number of rotatable bonds is 10. The molecule has 0 radical (unpaired) electrons. The molecule has 2 N–H and O–H groups in total. The maximum atomic E-state index is 12.6. The summed E-state index contributed by atoms with van der Waals surface area (Å²) in [4.78, 5) is 16.1. The van der Waals surface area contributed by atoms with E-state index in [0.29, 0.717) is 31.3 Å². The van der Waals surface area contributed by atoms with Crippen molar-refractivity contribution in [1.82, 2.24) is 10.3 Å². The second-order valence-electron chi connectivity index (χ2n) is 6.38. The van der Waals surface area contributed by atoms with Gasteiger partial charge in [-0.2, -0.15) is 0 Å². The van der Waals surface area contributed by atoms with Gasteiger partial charge in [0.25, 0.3) is 15.9 Å². The molecule has 0 spiro atoms. The van der Waals surface area contributed by atoms with Crippen molar-refractivity contribution in [3.8, 4) is 11.5 Å². The molecule has 0 fully saturated rings. The van der Waals surface area contributed by atoms with Gasteiger partial charge in [-0.05, 0) is 55.5 Å². The van der Waals surface area contributed by atoms with Crippen molar-refractivity contribution in [1.29, 1.82) is 0 Å². The van der Waals surface area contributed by atoms with Crippen LogP contribution in [0.25, 0.3) is 0 Å². The third kappa shape index (κ3) is 6.53. The van der Waals surface area contributed by atoms with E-state index >= 15 is 0 Å². The molecule has 0 unspecified atom stereocenters. The van der Waals surface area contributed by atoms with E-state index in [9.17, 15) is 13.2 Å². The van der Waals surface area contributed by atoms with Gasteiger partial charge in [-0.1, -0.05) is 18.2 Å². The first-order chi connectivity index (χ1) is 15.0. The number of nitrogens with one attached hydrogen (secondary N) is 2. The van der Waals surface area contributed by atoms with E-state index in [2.05, 4.69) is 15.0 Å². The highest BCUT2D eigenvalue weighted by molar-refractivity contribution is 7.92. The molecule has 3 rings (SSSR count). The summed E-state index contributed by atoms with van der Waals surface area (Å²) in [6.45, 7) is 3.23. The summed E-state index contributed by atoms with van der Waals surface area (Å²) in [6.07, 6.45) is 1.29. The van der Waals surface area contributed by atoms with Crippen molar-refractivity contribution in [2.75, 3.05) is 24.5 Å². The molecule has 0 aliphatic rings. The Labute approximate surface area is 181 Å². The molecule has 0 bridgehead atoms. The van der Waals surface area contributed by atoms with Crippen molar-refractivity contribution >= 4 is 21.6 Å². The molecule has 31 heavy (non-hydrogen) atoms. The van der Waals surface area contributed by atoms with Crippen LogP contribution in [-0.4, -0.2) is 39.1 Å². The predicted molar refractivity (Wildman–Crippen MR) is 117 cm³/mol. The van der Waals surface area contributed by atoms with E-state index in [1.165, 1.54) is 30.5 Å². The molecular weight excluding hydrogens is 418 g/mol. The summed E-state index contributed by atoms with van der Waals surface area (Å²) in [7, 11) is -3.82. The fourth-order valence-corrected chi connectivity index (χ4v) is 3.63. The van der Waals surface area contributed by atoms with E-state index < -0.39 is 10.0 Å². The van der Waals surface area contributed by atoms with Crippen LogP contribution in [0, 0.1) is 0 Å². The summed E-state index contributed by atoms with van der Waals surface area (Å²) >= 11 is 0. The SMILES string of the molecule is CCOCCNC(=O)c1ccc(NS(=O)(=O)c2ccc(Oc3ccccc3)cc2)cn1. The lowest BCUT2D eigenvalue weighted by atomic mass is 10.3. The molecule has 3 aromatic rings. The molecule has 1 amide bonds. The largest absolute Gasteiger partial charge is 0.457 e. The third-order valence-corrected chi connectivity index (χ3v) is 5.49. The second-order valence-corrected chi connectivity index (χ2v) is 8.06. The summed E-state index contributed by atoms with van der Waals surface area (Å²) < 4.78 is 38.5. The molecule has 0 saturated heterocycles. The van der Waals surface area contributed by atoms with Gasteiger partial charge in [-0.25, -0.2) is 13.4 Å². The highest BCUT2D eigenvalue weighted by atomic mass is 32.2. The molecular formula is C22H23N3O5S. The van der Waals surface area contributed by atoms with Gasteiger partial charge in [-0.3, -0.25) is 9.52 Å². The number of carbonyl (C=O) groups is 1. The number of anilines is 1. The number of aromatic nitrogens is 1. The van der Waals surface area contributed by atoms with Crippen molar-refractivity contribution in [2.45, 2.75) is 11.8 Å². The fourth-order valence-electron chi connectivity index (χ4n) is 2.59. The topological polar surface area (TPSA) is 107 Å². The predicted octanol–water partition coefficient (Wildman–Crippen LogP) is 3.44. The Bertz CT molecular complexity index is 1090. The lowest BCUT2D eigenvalue weighted by Gasteiger charge is -2.10. The van der Waals surface area contributed by atoms with Crippen LogP contribution in [0.1, 0.15) is 17.4 Å². The Morgan fingerprint density at radius 3 is 2.32 bits per heavy atom. The Morgan fingerprint density at radius 2 is 1.68 bits per heavy atom. The Morgan fingerprint density at radius 1 is 0.968 bits per heavy atom. The highest BCUT2D eigenvalue weighted by Crippen LogP contribution is 2.23. The van der Waals surface area contributed by atoms with Crippen molar-refractivity contribution in [3.05, 3.63) is 78.6 Å². The molecule has 9 heteroatoms. The number of hydrogen-bond acceptors (Lipinski definition) is 6. The fraction of sp³-hybridized carbons (Fsp3) is 0.182. The zero-order valence-corrected chi connectivity index (χ0v) is 17.8. The van der Waals surface area contributed by atoms with Crippen LogP contribution in [0.5, 0.6) is 11.5 Å². The van der Waals surface area contributed by atoms with Gasteiger partial charge in [0, 0.05) is 13.2 Å². The van der Waals surface area contributed by atoms with Crippen LogP contribution in [0.15, 0.2) is 77.8 Å². The summed E-state index contributed by atoms with van der Waals surface area (Å²) in [5.74, 6) is 0.818. The molecule has 162 valence electrons. The number of sulfonamides is 1. The van der Waals surface area contributed by atoms with Crippen molar-refractivity contribution < 1.29 is 22.7 Å². The maximum Gasteiger partial charge on any atom is 0.269 e. The van der Waals surface area contributed by atoms with Crippen LogP contribution in [0.3, 0.4) is 0 Å². The van der Waals surface area contributed by atoms with Crippen molar-refractivity contribution in [3.63, 3.8) is 0 Å². The summed E-state index contributed by atoms with van der Waals surface area (Å²) in [5.41, 5.74) is 0.428. The minimum Gasteiger partial charge on any atom is -0.457 e. The highest BCUT2D eigenvalue weighted by Gasteiger charge is 2.15. The van der Waals surface area contributed by atoms with Crippen LogP contribution < -0.4 is 14.8 Å². The number of carbonyl (C=O) groups excluding carboxylic acids is 1. The van der Waals surface area contributed by atoms with Gasteiger partial charge in [-0.15, -0.1) is 0 Å². The normalized spacial score (nSPS) is 11.0. The Kier molecular flexibility index (Phi) is 7.58. The number of ether oxygens (including phenoxy) is 2. The monoisotopic (exact) mass is 441 g/mol. The zero-order chi connectivity index (χ0) is 22.1. The number of pyridine rings is 1. The lowest BCUT2D eigenvalue weighted by molar-refractivity contribution is 0.0918. The smallest absolute Gasteiger partial charge is 0.269 e. The van der Waals surface area contributed by atoms with E-state index in [-0.39, 0.29) is 22.2 Å². The first-order valence-corrected chi connectivity index (χ1v) is 11.1. The van der Waals surface area contributed by atoms with Gasteiger partial charge in [0.15, 0.2) is 0 Å². The number of nitrogens with zero attached hydrogens (tertiary/aromatic N) is 1. The first-order valence-electron chi connectivity index (χ1n) is 9.66. The minimum atomic E-state index is -3.82. The van der Waals surface area contributed by atoms with E-state index in [4.69, 9.17) is 9.47 Å². The number of amides is 1. The second kappa shape index (κ2) is 10.6. The molecule has 8 nitrogen and oxygen atoms in total. The molecule has 1 aromatic heterocycles. The molecule has 0 aliphatic heterocycles. The van der Waals surface area contributed by atoms with Gasteiger partial charge in [0.1, 0.15) is 17.2 Å². The average Bonchev–Trinajstić information content (AvgIpc) is 2.78. The Hall–Kier alpha value is -3.43. The summed E-state index contributed by atoms with van der Waals surface area (Å²) in [6, 6.07) is 18.2. The minimum absolute atomic E-state index is 0.0747. The Balaban J connectivity index is 1.60. The third-order valence-electron chi connectivity index (χ3n) is 4.10. The standard InChI is InChI=1S/C22H23N3O5S/c1-2-29-15-14-23-22(26)21-13-8-17(16-24-21)25-31(27,28)20-11-9-19(10-12-20)30-18-6-4-3-5-7-18/h3-13,16,25H,2,14-15H2,1H3,(H,23,26). The summed E-state index contributed by atoms with van der Waals surface area (Å²) in [5, 5.41) is 2.67. The van der Waals surface area contributed by atoms with Crippen LogP contribution >= 0.6 is 0 Å². The van der Waals surface area contributed by atoms with E-state index in [0.717, 1.165) is 0 Å². The molecule has 2 aromatic carbocycles. The molecule has 0 saturated carbocycles. The van der Waals surface area contributed by atoms with Crippen LogP contribution in [0.4, 0.5) is 5.69 Å². The van der Waals surface area contributed by atoms with Crippen LogP contribution in [0.2, 0.25) is 0 Å². The van der Waals surface area contributed by atoms with Crippen molar-refractivity contribution in [2.24, 2.45) is 0 Å². The van der Waals surface area contributed by atoms with Gasteiger partial charge >= 0.3 is 0 Å². The van der Waals surface area contributed by atoms with E-state index in [1.54, 1.807) is 12.1 Å². The number of para-hydroxylation sites is 1. The van der Waals surface area contributed by atoms with E-state index in [1.807, 2.05) is 37.3 Å². The lowest BCUT2D eigenvalue weighted by Crippen LogP contribution is -2.28. The van der Waals surface area contributed by atoms with Gasteiger partial charge in [0.05, 0.1) is 23.4 Å².